The van der Waals surface area contributed by atoms with Crippen LogP contribution in [0.1, 0.15) is 18.4 Å². The Morgan fingerprint density at radius 1 is 1.83 bits per heavy atom. The second kappa shape index (κ2) is 3.67. The first kappa shape index (κ1) is 9.19. The number of nitrogens with two attached hydrogens (primary N) is 1. The van der Waals surface area contributed by atoms with Crippen LogP contribution in [0.25, 0.3) is 6.20 Å². The second-order valence-corrected chi connectivity index (χ2v) is 3.13. The normalized spacial score (nSPS) is 12.1. The summed E-state index contributed by atoms with van der Waals surface area (Å²) >= 11 is 4.00. The van der Waals surface area contributed by atoms with Crippen LogP contribution < -0.4 is 5.73 Å². The van der Waals surface area contributed by atoms with Crippen LogP contribution in [0.2, 0.25) is 0 Å². The lowest BCUT2D eigenvalue weighted by atomic mass is 10.4. The molecule has 0 bridgehead atoms. The van der Waals surface area contributed by atoms with Crippen LogP contribution in [-0.2, 0) is 6.42 Å². The number of hydrogen-bond acceptors (Lipinski definition) is 3. The number of aromatic nitrogens is 2. The van der Waals surface area contributed by atoms with Crippen LogP contribution in [-0.4, -0.2) is 9.55 Å². The van der Waals surface area contributed by atoms with E-state index in [0.29, 0.717) is 5.03 Å². The van der Waals surface area contributed by atoms with Crippen molar-refractivity contribution in [3.8, 4) is 0 Å². The van der Waals surface area contributed by atoms with Gasteiger partial charge in [-0.15, -0.1) is 12.6 Å². The zero-order valence-electron chi connectivity index (χ0n) is 7.28. The van der Waals surface area contributed by atoms with E-state index < -0.39 is 0 Å². The molecule has 1 aromatic heterocycles. The Balaban J connectivity index is 3.05. The number of imidazole rings is 1. The van der Waals surface area contributed by atoms with E-state index in [2.05, 4.69) is 24.5 Å². The van der Waals surface area contributed by atoms with Crippen LogP contribution >= 0.6 is 12.6 Å². The van der Waals surface area contributed by atoms with Gasteiger partial charge in [0.15, 0.2) is 0 Å². The molecule has 0 amide bonds. The molecule has 0 unspecified atom stereocenters. The minimum atomic E-state index is 0.488. The van der Waals surface area contributed by atoms with Gasteiger partial charge in [0.2, 0.25) is 0 Å². The summed E-state index contributed by atoms with van der Waals surface area (Å²) in [7, 11) is 0. The van der Waals surface area contributed by atoms with Gasteiger partial charge in [-0.3, -0.25) is 0 Å². The highest BCUT2D eigenvalue weighted by Gasteiger charge is 1.99. The maximum atomic E-state index is 5.43. The van der Waals surface area contributed by atoms with E-state index in [4.69, 9.17) is 5.73 Å². The highest BCUT2D eigenvalue weighted by Crippen LogP contribution is 2.05. The van der Waals surface area contributed by atoms with Crippen LogP contribution in [0, 0.1) is 6.92 Å². The summed E-state index contributed by atoms with van der Waals surface area (Å²) in [4.78, 5) is 4.31. The molecular weight excluding hydrogens is 170 g/mol. The van der Waals surface area contributed by atoms with Crippen LogP contribution in [0.3, 0.4) is 0 Å². The third-order valence-electron chi connectivity index (χ3n) is 1.52. The smallest absolute Gasteiger partial charge is 0.112 e. The van der Waals surface area contributed by atoms with E-state index in [1.54, 1.807) is 6.20 Å². The lowest BCUT2D eigenvalue weighted by molar-refractivity contribution is 0.919. The summed E-state index contributed by atoms with van der Waals surface area (Å²) in [6.07, 6.45) is 4.58. The highest BCUT2D eigenvalue weighted by atomic mass is 32.1. The number of hydrogen-bond donors (Lipinski definition) is 2. The molecule has 0 aromatic carbocycles. The average molecular weight is 183 g/mol. The predicted molar refractivity (Wildman–Crippen MR) is 53.8 cm³/mol. The van der Waals surface area contributed by atoms with E-state index in [0.717, 1.165) is 17.9 Å². The van der Waals surface area contributed by atoms with Gasteiger partial charge in [-0.1, -0.05) is 6.92 Å². The third kappa shape index (κ3) is 2.04. The van der Waals surface area contributed by atoms with Crippen molar-refractivity contribution in [1.29, 1.82) is 0 Å². The van der Waals surface area contributed by atoms with Crippen molar-refractivity contribution in [2.45, 2.75) is 20.3 Å². The fourth-order valence-electron chi connectivity index (χ4n) is 1.08. The molecule has 1 heterocycles. The van der Waals surface area contributed by atoms with E-state index in [1.165, 1.54) is 0 Å². The zero-order chi connectivity index (χ0) is 9.14. The maximum absolute atomic E-state index is 5.43. The Hall–Kier alpha value is -0.900. The molecule has 0 spiro atoms. The predicted octanol–water partition coefficient (Wildman–Crippen LogP) is 1.40. The standard InChI is InChI=1S/C8H13N3S/c1-3-8-10-6(2)4-11(8)5-7(9)12/h4-5,12H,3,9H2,1-2H3/b7-5+. The Morgan fingerprint density at radius 2 is 2.50 bits per heavy atom. The molecule has 0 fully saturated rings. The van der Waals surface area contributed by atoms with Crippen LogP contribution in [0.5, 0.6) is 0 Å². The minimum absolute atomic E-state index is 0.488. The Bertz CT molecular complexity index is 297. The Morgan fingerprint density at radius 3 is 3.00 bits per heavy atom. The van der Waals surface area contributed by atoms with Gasteiger partial charge < -0.3 is 10.3 Å². The molecular formula is C8H13N3S. The van der Waals surface area contributed by atoms with Crippen LogP contribution in [0.4, 0.5) is 0 Å². The molecule has 4 heteroatoms. The summed E-state index contributed by atoms with van der Waals surface area (Å²) in [5, 5.41) is 0.488. The Kier molecular flexibility index (Phi) is 2.81. The molecule has 0 atom stereocenters. The van der Waals surface area contributed by atoms with Gasteiger partial charge in [-0.25, -0.2) is 4.98 Å². The van der Waals surface area contributed by atoms with E-state index >= 15 is 0 Å². The summed E-state index contributed by atoms with van der Waals surface area (Å²) in [5.74, 6) is 1.00. The number of nitrogens with zero attached hydrogens (tertiary/aromatic N) is 2. The lowest BCUT2D eigenvalue weighted by Crippen LogP contribution is -1.97. The molecule has 1 aromatic rings. The molecule has 66 valence electrons. The topological polar surface area (TPSA) is 43.8 Å². The number of aryl methyl sites for hydroxylation is 2. The van der Waals surface area contributed by atoms with Crippen molar-refractivity contribution in [1.82, 2.24) is 9.55 Å². The zero-order valence-corrected chi connectivity index (χ0v) is 8.18. The largest absolute Gasteiger partial charge is 0.393 e. The van der Waals surface area contributed by atoms with Gasteiger partial charge in [0, 0.05) is 18.8 Å². The molecule has 12 heavy (non-hydrogen) atoms. The van der Waals surface area contributed by atoms with Crippen molar-refractivity contribution >= 4 is 18.8 Å². The Labute approximate surface area is 77.7 Å². The summed E-state index contributed by atoms with van der Waals surface area (Å²) in [6, 6.07) is 0. The molecule has 1 rings (SSSR count). The second-order valence-electron chi connectivity index (χ2n) is 2.61. The monoisotopic (exact) mass is 183 g/mol. The van der Waals surface area contributed by atoms with Gasteiger partial charge in [0.1, 0.15) is 5.82 Å². The van der Waals surface area contributed by atoms with Crippen molar-refractivity contribution in [3.05, 3.63) is 22.7 Å². The fourth-order valence-corrected chi connectivity index (χ4v) is 1.21. The van der Waals surface area contributed by atoms with Gasteiger partial charge >= 0.3 is 0 Å². The molecule has 0 radical (unpaired) electrons. The van der Waals surface area contributed by atoms with Gasteiger partial charge in [0.05, 0.1) is 10.7 Å². The summed E-state index contributed by atoms with van der Waals surface area (Å²) < 4.78 is 1.90. The maximum Gasteiger partial charge on any atom is 0.112 e. The van der Waals surface area contributed by atoms with Gasteiger partial charge in [0.25, 0.3) is 0 Å². The van der Waals surface area contributed by atoms with E-state index in [9.17, 15) is 0 Å². The van der Waals surface area contributed by atoms with Crippen molar-refractivity contribution in [2.75, 3.05) is 0 Å². The molecule has 2 N–H and O–H groups in total. The van der Waals surface area contributed by atoms with E-state index in [1.807, 2.05) is 17.7 Å². The first-order chi connectivity index (χ1) is 5.63. The SMILES string of the molecule is CCc1nc(C)cn1/C=C(\N)S. The molecule has 3 nitrogen and oxygen atoms in total. The van der Waals surface area contributed by atoms with Crippen molar-refractivity contribution in [3.63, 3.8) is 0 Å². The van der Waals surface area contributed by atoms with Crippen molar-refractivity contribution in [2.24, 2.45) is 5.73 Å². The minimum Gasteiger partial charge on any atom is -0.393 e. The summed E-state index contributed by atoms with van der Waals surface area (Å²) in [6.45, 7) is 4.01. The summed E-state index contributed by atoms with van der Waals surface area (Å²) in [5.41, 5.74) is 6.43. The first-order valence-corrected chi connectivity index (χ1v) is 4.28. The molecule has 0 aliphatic carbocycles. The van der Waals surface area contributed by atoms with Gasteiger partial charge in [-0.2, -0.15) is 0 Å². The van der Waals surface area contributed by atoms with Gasteiger partial charge in [-0.05, 0) is 6.92 Å². The fraction of sp³-hybridized carbons (Fsp3) is 0.375. The average Bonchev–Trinajstić information content (AvgIpc) is 2.29. The van der Waals surface area contributed by atoms with Crippen LogP contribution in [0.15, 0.2) is 11.2 Å². The molecule has 0 saturated heterocycles. The molecule has 0 saturated carbocycles. The lowest BCUT2D eigenvalue weighted by Gasteiger charge is -1.98. The third-order valence-corrected chi connectivity index (χ3v) is 1.63. The molecule has 0 aliphatic heterocycles. The number of rotatable bonds is 2. The quantitative estimate of drug-likeness (QED) is 0.681. The van der Waals surface area contributed by atoms with Crippen molar-refractivity contribution < 1.29 is 0 Å². The first-order valence-electron chi connectivity index (χ1n) is 3.84. The molecule has 0 aliphatic rings. The van der Waals surface area contributed by atoms with E-state index in [-0.39, 0.29) is 0 Å². The highest BCUT2D eigenvalue weighted by molar-refractivity contribution is 7.84. The number of thiol groups is 1.